The lowest BCUT2D eigenvalue weighted by molar-refractivity contribution is -0.0528. The molecule has 0 heterocycles. The largest absolute Gasteiger partial charge is 0.230 e. The van der Waals surface area contributed by atoms with Gasteiger partial charge in [-0.15, -0.1) is 5.48 Å². The smallest absolute Gasteiger partial charge is 0.181 e. The van der Waals surface area contributed by atoms with Gasteiger partial charge >= 0.3 is 0 Å². The van der Waals surface area contributed by atoms with E-state index >= 15 is 0 Å². The molecule has 0 N–H and O–H groups in total. The number of rotatable bonds is 7. The first-order valence-corrected chi connectivity index (χ1v) is 11.6. The first-order valence-electron chi connectivity index (χ1n) is 11.6. The molecule has 34 heavy (non-hydrogen) atoms. The van der Waals surface area contributed by atoms with E-state index in [2.05, 4.69) is 64.4 Å². The summed E-state index contributed by atoms with van der Waals surface area (Å²) in [5.41, 5.74) is 9.93. The molecule has 3 aromatic carbocycles. The van der Waals surface area contributed by atoms with E-state index in [1.165, 1.54) is 0 Å². The van der Waals surface area contributed by atoms with E-state index in [1.807, 2.05) is 54.6 Å². The van der Waals surface area contributed by atoms with Crippen LogP contribution in [0.5, 0.6) is 0 Å². The highest BCUT2D eigenvalue weighted by atomic mass is 16.7. The Morgan fingerprint density at radius 1 is 0.882 bits per heavy atom. The number of benzene rings is 3. The van der Waals surface area contributed by atoms with Gasteiger partial charge in [-0.1, -0.05) is 77.1 Å². The zero-order valence-electron chi connectivity index (χ0n) is 20.9. The molecule has 0 bridgehead atoms. The molecule has 1 unspecified atom stereocenters. The average Bonchev–Trinajstić information content (AvgIpc) is 2.82. The van der Waals surface area contributed by atoms with Crippen LogP contribution in [0, 0.1) is 28.6 Å². The second-order valence-corrected chi connectivity index (χ2v) is 10.3. The van der Waals surface area contributed by atoms with Crippen molar-refractivity contribution in [3.05, 3.63) is 77.9 Å². The number of hydrogen-bond acceptors (Lipinski definition) is 3. The normalized spacial score (nSPS) is 13.1. The molecule has 1 radical (unpaired) electrons. The Morgan fingerprint density at radius 3 is 2.06 bits per heavy atom. The van der Waals surface area contributed by atoms with Gasteiger partial charge in [-0.05, 0) is 76.8 Å². The third-order valence-electron chi connectivity index (χ3n) is 5.71. The minimum Gasteiger partial charge on any atom is -0.230 e. The summed E-state index contributed by atoms with van der Waals surface area (Å²) < 4.78 is 0. The molecule has 0 saturated heterocycles. The highest BCUT2D eigenvalue weighted by Gasteiger charge is 2.29. The molecular formula is C30H32N3O. The Morgan fingerprint density at radius 2 is 1.53 bits per heavy atom. The van der Waals surface area contributed by atoms with E-state index in [0.717, 1.165) is 27.8 Å². The minimum atomic E-state index is -0.991. The van der Waals surface area contributed by atoms with Crippen molar-refractivity contribution < 1.29 is 4.84 Å². The monoisotopic (exact) mass is 450 g/mol. The first-order chi connectivity index (χ1) is 16.1. The van der Waals surface area contributed by atoms with E-state index in [-0.39, 0.29) is 5.41 Å². The Balaban J connectivity index is 2.19. The Bertz CT molecular complexity index is 1210. The third-order valence-corrected chi connectivity index (χ3v) is 5.71. The summed E-state index contributed by atoms with van der Waals surface area (Å²) in [6.07, 6.45) is 0.591. The van der Waals surface area contributed by atoms with E-state index in [4.69, 9.17) is 4.84 Å². The van der Waals surface area contributed by atoms with Crippen LogP contribution in [0.25, 0.3) is 22.3 Å². The van der Waals surface area contributed by atoms with Crippen LogP contribution in [0.15, 0.2) is 66.7 Å². The van der Waals surface area contributed by atoms with Gasteiger partial charge in [0.15, 0.2) is 5.60 Å². The van der Waals surface area contributed by atoms with Gasteiger partial charge in [0.05, 0.1) is 17.3 Å². The van der Waals surface area contributed by atoms with Gasteiger partial charge in [-0.3, -0.25) is 0 Å². The van der Waals surface area contributed by atoms with Crippen LogP contribution < -0.4 is 5.48 Å². The fraction of sp³-hybridized carbons (Fsp3) is 0.333. The summed E-state index contributed by atoms with van der Waals surface area (Å²) in [5, 5.41) is 19.0. The standard InChI is InChI=1S/C30H32N3O/c1-21(2)18-30(6,20-32)34-33-25-16-26(23-10-8-7-9-11-23)28(27(17-25)29(3,4)5)24-14-12-22(19-31)13-15-24/h7-17,21H,18H2,1-6H3. The fourth-order valence-corrected chi connectivity index (χ4v) is 4.17. The van der Waals surface area contributed by atoms with Crippen molar-refractivity contribution in [1.29, 1.82) is 10.5 Å². The summed E-state index contributed by atoms with van der Waals surface area (Å²) >= 11 is 0. The molecule has 3 aromatic rings. The van der Waals surface area contributed by atoms with Crippen LogP contribution in [0.2, 0.25) is 0 Å². The van der Waals surface area contributed by atoms with Gasteiger partial charge < -0.3 is 0 Å². The maximum absolute atomic E-state index is 9.71. The summed E-state index contributed by atoms with van der Waals surface area (Å²) in [4.78, 5) is 5.84. The highest BCUT2D eigenvalue weighted by molar-refractivity contribution is 5.88. The molecule has 0 saturated carbocycles. The van der Waals surface area contributed by atoms with E-state index < -0.39 is 5.60 Å². The van der Waals surface area contributed by atoms with Crippen LogP contribution in [-0.4, -0.2) is 5.60 Å². The quantitative estimate of drug-likeness (QED) is 0.346. The van der Waals surface area contributed by atoms with Gasteiger partial charge in [0.1, 0.15) is 6.07 Å². The molecule has 0 aliphatic rings. The van der Waals surface area contributed by atoms with Gasteiger partial charge in [-0.25, -0.2) is 4.84 Å². The number of nitriles is 2. The van der Waals surface area contributed by atoms with E-state index in [9.17, 15) is 10.5 Å². The molecule has 4 heteroatoms. The lowest BCUT2D eigenvalue weighted by Gasteiger charge is -2.28. The number of nitrogens with zero attached hydrogens (tertiary/aromatic N) is 3. The van der Waals surface area contributed by atoms with Crippen molar-refractivity contribution in [3.8, 4) is 34.4 Å². The van der Waals surface area contributed by atoms with Crippen molar-refractivity contribution in [1.82, 2.24) is 5.48 Å². The van der Waals surface area contributed by atoms with Crippen LogP contribution in [-0.2, 0) is 10.3 Å². The van der Waals surface area contributed by atoms with Crippen LogP contribution >= 0.6 is 0 Å². The van der Waals surface area contributed by atoms with Crippen LogP contribution in [0.3, 0.4) is 0 Å². The minimum absolute atomic E-state index is 0.186. The van der Waals surface area contributed by atoms with Gasteiger partial charge in [0.2, 0.25) is 0 Å². The third kappa shape index (κ3) is 5.84. The predicted molar refractivity (Wildman–Crippen MR) is 137 cm³/mol. The molecule has 0 fully saturated rings. The second kappa shape index (κ2) is 10.1. The Hall–Kier alpha value is -3.60. The van der Waals surface area contributed by atoms with Crippen LogP contribution in [0.1, 0.15) is 59.1 Å². The van der Waals surface area contributed by atoms with E-state index in [1.54, 1.807) is 6.92 Å². The maximum Gasteiger partial charge on any atom is 0.181 e. The topological polar surface area (TPSA) is 70.9 Å². The Kier molecular flexibility index (Phi) is 7.45. The van der Waals surface area contributed by atoms with Crippen molar-refractivity contribution >= 4 is 5.69 Å². The SMILES string of the molecule is CC(C)CC(C)(C#N)O[N]c1cc(-c2ccccc2)c(-c2ccc(C#N)cc2)c(C(C)(C)C)c1. The maximum atomic E-state index is 9.71. The van der Waals surface area contributed by atoms with Crippen molar-refractivity contribution in [3.63, 3.8) is 0 Å². The lowest BCUT2D eigenvalue weighted by atomic mass is 9.78. The molecule has 0 amide bonds. The summed E-state index contributed by atoms with van der Waals surface area (Å²) in [6.45, 7) is 12.4. The van der Waals surface area contributed by atoms with Gasteiger partial charge in [-0.2, -0.15) is 10.5 Å². The zero-order chi connectivity index (χ0) is 24.9. The molecular weight excluding hydrogens is 418 g/mol. The molecule has 0 aliphatic carbocycles. The fourth-order valence-electron chi connectivity index (χ4n) is 4.17. The Labute approximate surface area is 203 Å². The molecule has 4 nitrogen and oxygen atoms in total. The summed E-state index contributed by atoms with van der Waals surface area (Å²) in [7, 11) is 0. The molecule has 3 rings (SSSR count). The first kappa shape index (κ1) is 25.0. The van der Waals surface area contributed by atoms with Crippen molar-refractivity contribution in [2.45, 2.75) is 59.0 Å². The average molecular weight is 451 g/mol. The van der Waals surface area contributed by atoms with Gasteiger partial charge in [0, 0.05) is 0 Å². The summed E-state index contributed by atoms with van der Waals surface area (Å²) in [6, 6.07) is 26.4. The molecule has 173 valence electrons. The van der Waals surface area contributed by atoms with Crippen LogP contribution in [0.4, 0.5) is 5.69 Å². The van der Waals surface area contributed by atoms with Crippen molar-refractivity contribution in [2.24, 2.45) is 5.92 Å². The van der Waals surface area contributed by atoms with Gasteiger partial charge in [0.25, 0.3) is 0 Å². The second-order valence-electron chi connectivity index (χ2n) is 10.3. The molecule has 1 atom stereocenters. The molecule has 0 aliphatic heterocycles. The number of hydrogen-bond donors (Lipinski definition) is 0. The van der Waals surface area contributed by atoms with Crippen molar-refractivity contribution in [2.75, 3.05) is 0 Å². The highest BCUT2D eigenvalue weighted by Crippen LogP contribution is 2.42. The van der Waals surface area contributed by atoms with E-state index in [0.29, 0.717) is 23.6 Å². The summed E-state index contributed by atoms with van der Waals surface area (Å²) in [5.74, 6) is 0.309. The predicted octanol–water partition coefficient (Wildman–Crippen LogP) is 7.69. The molecule has 0 spiro atoms. The zero-order valence-corrected chi connectivity index (χ0v) is 20.9. The lowest BCUT2D eigenvalue weighted by Crippen LogP contribution is -2.31. The molecule has 0 aromatic heterocycles.